The predicted molar refractivity (Wildman–Crippen MR) is 144 cm³/mol. The van der Waals surface area contributed by atoms with E-state index in [0.717, 1.165) is 71.2 Å². The topological polar surface area (TPSA) is 43.8 Å². The van der Waals surface area contributed by atoms with Gasteiger partial charge in [0, 0.05) is 38.3 Å². The predicted octanol–water partition coefficient (Wildman–Crippen LogP) is 6.48. The summed E-state index contributed by atoms with van der Waals surface area (Å²) in [5.41, 5.74) is 1.41. The van der Waals surface area contributed by atoms with E-state index in [1.807, 2.05) is 11.0 Å². The molecule has 1 N–H and O–H groups in total. The molecule has 190 valence electrons. The molecule has 0 aromatic heterocycles. The number of nitrogens with zero attached hydrogens (tertiary/aromatic N) is 2. The zero-order valence-corrected chi connectivity index (χ0v) is 22.1. The van der Waals surface area contributed by atoms with Gasteiger partial charge in [0.05, 0.1) is 15.6 Å². The van der Waals surface area contributed by atoms with E-state index in [2.05, 4.69) is 29.2 Å². The maximum Gasteiger partial charge on any atom is 0.253 e. The summed E-state index contributed by atoms with van der Waals surface area (Å²) in [6.07, 6.45) is 10.1. The van der Waals surface area contributed by atoms with Gasteiger partial charge in [0.2, 0.25) is 0 Å². The number of rotatable bonds is 7. The summed E-state index contributed by atoms with van der Waals surface area (Å²) < 4.78 is 0. The first kappa shape index (κ1) is 26.5. The second-order valence-corrected chi connectivity index (χ2v) is 11.3. The van der Waals surface area contributed by atoms with Gasteiger partial charge < -0.3 is 14.9 Å². The van der Waals surface area contributed by atoms with E-state index in [-0.39, 0.29) is 5.91 Å². The molecule has 2 aromatic carbocycles. The van der Waals surface area contributed by atoms with Crippen molar-refractivity contribution in [3.63, 3.8) is 0 Å². The first-order valence-electron chi connectivity index (χ1n) is 13.1. The average Bonchev–Trinajstić information content (AvgIpc) is 3.68. The lowest BCUT2D eigenvalue weighted by Crippen LogP contribution is -2.46. The van der Waals surface area contributed by atoms with Gasteiger partial charge in [-0.05, 0) is 68.2 Å². The van der Waals surface area contributed by atoms with Crippen LogP contribution in [0.2, 0.25) is 10.0 Å². The quantitative estimate of drug-likeness (QED) is 0.458. The van der Waals surface area contributed by atoms with Crippen LogP contribution in [0.4, 0.5) is 0 Å². The first-order chi connectivity index (χ1) is 16.9. The van der Waals surface area contributed by atoms with Crippen molar-refractivity contribution in [3.05, 3.63) is 69.7 Å². The van der Waals surface area contributed by atoms with Crippen LogP contribution >= 0.6 is 23.2 Å². The fourth-order valence-electron chi connectivity index (χ4n) is 5.01. The van der Waals surface area contributed by atoms with Crippen LogP contribution in [0.15, 0.2) is 48.5 Å². The second kappa shape index (κ2) is 12.6. The van der Waals surface area contributed by atoms with Crippen molar-refractivity contribution in [3.8, 4) is 0 Å². The van der Waals surface area contributed by atoms with Crippen LogP contribution in [0.25, 0.3) is 0 Å². The van der Waals surface area contributed by atoms with Gasteiger partial charge in [-0.3, -0.25) is 4.79 Å². The molecule has 2 heterocycles. The highest BCUT2D eigenvalue weighted by Crippen LogP contribution is 2.30. The largest absolute Gasteiger partial charge is 0.390 e. The van der Waals surface area contributed by atoms with E-state index in [1.165, 1.54) is 24.8 Å². The molecule has 3 aliphatic rings. The summed E-state index contributed by atoms with van der Waals surface area (Å²) in [5.74, 6) is 0.503. The molecule has 0 bridgehead atoms. The van der Waals surface area contributed by atoms with Crippen LogP contribution in [-0.4, -0.2) is 59.1 Å². The zero-order chi connectivity index (χ0) is 24.7. The molecular weight excluding hydrogens is 479 g/mol. The first-order valence-corrected chi connectivity index (χ1v) is 13.9. The highest BCUT2D eigenvalue weighted by atomic mass is 35.5. The number of aliphatic hydroxyl groups is 1. The Bertz CT molecular complexity index is 956. The molecule has 2 aliphatic heterocycles. The van der Waals surface area contributed by atoms with Crippen molar-refractivity contribution >= 4 is 29.1 Å². The highest BCUT2D eigenvalue weighted by Gasteiger charge is 2.34. The maximum atomic E-state index is 12.8. The van der Waals surface area contributed by atoms with Crippen molar-refractivity contribution in [1.82, 2.24) is 9.80 Å². The molecule has 2 aromatic rings. The van der Waals surface area contributed by atoms with Crippen LogP contribution in [0.3, 0.4) is 0 Å². The zero-order valence-electron chi connectivity index (χ0n) is 20.6. The lowest BCUT2D eigenvalue weighted by atomic mass is 9.85. The van der Waals surface area contributed by atoms with Crippen molar-refractivity contribution in [2.45, 2.75) is 63.4 Å². The minimum Gasteiger partial charge on any atom is -0.390 e. The SMILES string of the molecule is C1CC1.O=C(c1ccc(Cl)c(Cl)c1)N1CCC(CN2CCC(O)(CCCc3ccccc3)CC2)C1. The Balaban J connectivity index is 0.000000894. The third kappa shape index (κ3) is 8.21. The summed E-state index contributed by atoms with van der Waals surface area (Å²) in [7, 11) is 0. The van der Waals surface area contributed by atoms with Crippen molar-refractivity contribution in [2.24, 2.45) is 5.92 Å². The van der Waals surface area contributed by atoms with E-state index in [9.17, 15) is 9.90 Å². The van der Waals surface area contributed by atoms with Crippen LogP contribution < -0.4 is 0 Å². The van der Waals surface area contributed by atoms with Gasteiger partial charge >= 0.3 is 0 Å². The molecule has 1 atom stereocenters. The van der Waals surface area contributed by atoms with Gasteiger partial charge in [-0.25, -0.2) is 0 Å². The monoisotopic (exact) mass is 516 g/mol. The minimum atomic E-state index is -0.531. The summed E-state index contributed by atoms with van der Waals surface area (Å²) >= 11 is 12.1. The molecule has 1 saturated carbocycles. The second-order valence-electron chi connectivity index (χ2n) is 10.5. The summed E-state index contributed by atoms with van der Waals surface area (Å²) in [6, 6.07) is 15.6. The Morgan fingerprint density at radius 1 is 0.971 bits per heavy atom. The smallest absolute Gasteiger partial charge is 0.253 e. The van der Waals surface area contributed by atoms with Gasteiger partial charge in [0.1, 0.15) is 0 Å². The minimum absolute atomic E-state index is 0.0255. The summed E-state index contributed by atoms with van der Waals surface area (Å²) in [5, 5.41) is 11.9. The number of hydrogen-bond donors (Lipinski definition) is 1. The third-order valence-electron chi connectivity index (χ3n) is 7.35. The van der Waals surface area contributed by atoms with Gasteiger partial charge in [0.15, 0.2) is 0 Å². The van der Waals surface area contributed by atoms with Crippen LogP contribution in [0, 0.1) is 5.92 Å². The summed E-state index contributed by atoms with van der Waals surface area (Å²) in [6.45, 7) is 4.40. The number of aryl methyl sites for hydroxylation is 1. The number of carbonyl (C=O) groups excluding carboxylic acids is 1. The van der Waals surface area contributed by atoms with Crippen molar-refractivity contribution < 1.29 is 9.90 Å². The molecule has 1 aliphatic carbocycles. The van der Waals surface area contributed by atoms with Gasteiger partial charge in [-0.15, -0.1) is 0 Å². The number of likely N-dealkylation sites (tertiary alicyclic amines) is 2. The van der Waals surface area contributed by atoms with E-state index < -0.39 is 5.60 Å². The number of halogens is 2. The normalized spacial score (nSPS) is 21.3. The Morgan fingerprint density at radius 2 is 1.69 bits per heavy atom. The van der Waals surface area contributed by atoms with E-state index in [0.29, 0.717) is 21.5 Å². The molecule has 2 saturated heterocycles. The molecule has 4 nitrogen and oxygen atoms in total. The van der Waals surface area contributed by atoms with E-state index in [4.69, 9.17) is 23.2 Å². The number of amides is 1. The number of hydrogen-bond acceptors (Lipinski definition) is 3. The maximum absolute atomic E-state index is 12.8. The molecule has 35 heavy (non-hydrogen) atoms. The van der Waals surface area contributed by atoms with Crippen molar-refractivity contribution in [2.75, 3.05) is 32.7 Å². The molecular formula is C29H38Cl2N2O2. The van der Waals surface area contributed by atoms with Crippen LogP contribution in [0.1, 0.15) is 67.3 Å². The van der Waals surface area contributed by atoms with Gasteiger partial charge in [-0.1, -0.05) is 72.8 Å². The number of piperidine rings is 1. The molecule has 0 spiro atoms. The van der Waals surface area contributed by atoms with E-state index >= 15 is 0 Å². The number of benzene rings is 2. The highest BCUT2D eigenvalue weighted by molar-refractivity contribution is 6.42. The lowest BCUT2D eigenvalue weighted by Gasteiger charge is -2.39. The van der Waals surface area contributed by atoms with Crippen LogP contribution in [-0.2, 0) is 6.42 Å². The Morgan fingerprint density at radius 3 is 2.34 bits per heavy atom. The summed E-state index contributed by atoms with van der Waals surface area (Å²) in [4.78, 5) is 17.2. The Kier molecular flexibility index (Phi) is 9.52. The van der Waals surface area contributed by atoms with Gasteiger partial charge in [0.25, 0.3) is 5.91 Å². The molecule has 6 heteroatoms. The Hall–Kier alpha value is -1.59. The third-order valence-corrected chi connectivity index (χ3v) is 8.09. The fourth-order valence-corrected chi connectivity index (χ4v) is 5.31. The molecule has 1 unspecified atom stereocenters. The molecule has 3 fully saturated rings. The average molecular weight is 518 g/mol. The molecule has 5 rings (SSSR count). The fraction of sp³-hybridized carbons (Fsp3) is 0.552. The lowest BCUT2D eigenvalue weighted by molar-refractivity contribution is -0.0312. The Labute approximate surface area is 220 Å². The van der Waals surface area contributed by atoms with E-state index in [1.54, 1.807) is 18.2 Å². The molecule has 1 amide bonds. The number of carbonyl (C=O) groups is 1. The van der Waals surface area contributed by atoms with Crippen LogP contribution in [0.5, 0.6) is 0 Å². The van der Waals surface area contributed by atoms with Crippen molar-refractivity contribution in [1.29, 1.82) is 0 Å². The molecule has 0 radical (unpaired) electrons. The standard InChI is InChI=1S/C26H32Cl2N2O2.C3H6/c27-23-9-8-22(17-24(23)28)25(31)30-14-10-21(19-30)18-29-15-12-26(32,13-16-29)11-4-7-20-5-2-1-3-6-20;1-2-3-1/h1-3,5-6,8-9,17,21,32H,4,7,10-16,18-19H2;1-3H2. The van der Waals surface area contributed by atoms with Gasteiger partial charge in [-0.2, -0.15) is 0 Å².